The fourth-order valence-electron chi connectivity index (χ4n) is 2.24. The number of rotatable bonds is 5. The van der Waals surface area contributed by atoms with E-state index in [-0.39, 0.29) is 23.7 Å². The zero-order valence-electron chi connectivity index (χ0n) is 12.5. The van der Waals surface area contributed by atoms with Crippen LogP contribution < -0.4 is 10.1 Å². The van der Waals surface area contributed by atoms with Crippen LogP contribution in [0.15, 0.2) is 12.4 Å². The maximum atomic E-state index is 12.0. The molecule has 0 aliphatic carbocycles. The van der Waals surface area contributed by atoms with Gasteiger partial charge in [0.15, 0.2) is 0 Å². The fourth-order valence-corrected chi connectivity index (χ4v) is 2.24. The predicted octanol–water partition coefficient (Wildman–Crippen LogP) is 0.547. The lowest BCUT2D eigenvalue weighted by Gasteiger charge is -2.32. The van der Waals surface area contributed by atoms with Crippen LogP contribution in [0.25, 0.3) is 0 Å². The maximum Gasteiger partial charge on any atom is 0.317 e. The van der Waals surface area contributed by atoms with Gasteiger partial charge in [-0.25, -0.2) is 14.8 Å². The molecule has 0 spiro atoms. The minimum atomic E-state index is -0.189. The lowest BCUT2D eigenvalue weighted by molar-refractivity contribution is 0.0961. The molecule has 1 saturated heterocycles. The number of nitrogens with one attached hydrogen (secondary N) is 1. The summed E-state index contributed by atoms with van der Waals surface area (Å²) in [5.74, 6) is 0.219. The molecule has 0 bridgehead atoms. The Bertz CT molecular complexity index is 546. The Morgan fingerprint density at radius 1 is 1.55 bits per heavy atom. The Morgan fingerprint density at radius 2 is 2.36 bits per heavy atom. The summed E-state index contributed by atoms with van der Waals surface area (Å²) in [5.41, 5.74) is 0.157. The number of methoxy groups -OCH3 is 1. The molecule has 1 aliphatic heterocycles. The summed E-state index contributed by atoms with van der Waals surface area (Å²) in [5, 5.41) is 11.8. The van der Waals surface area contributed by atoms with Crippen molar-refractivity contribution in [3.63, 3.8) is 0 Å². The molecule has 1 unspecified atom stereocenters. The molecule has 8 nitrogen and oxygen atoms in total. The first-order valence-electron chi connectivity index (χ1n) is 7.14. The fraction of sp³-hybridized carbons (Fsp3) is 0.571. The van der Waals surface area contributed by atoms with Gasteiger partial charge < -0.3 is 19.7 Å². The molecular formula is C14H19N5O3. The molecule has 0 radical (unpaired) electrons. The topological polar surface area (TPSA) is 100 Å². The van der Waals surface area contributed by atoms with Crippen LogP contribution in [0.1, 0.15) is 18.5 Å². The van der Waals surface area contributed by atoms with Gasteiger partial charge in [-0.15, -0.1) is 0 Å². The van der Waals surface area contributed by atoms with Gasteiger partial charge in [0.2, 0.25) is 5.69 Å². The van der Waals surface area contributed by atoms with Gasteiger partial charge in [0.05, 0.1) is 13.2 Å². The van der Waals surface area contributed by atoms with Crippen LogP contribution in [-0.4, -0.2) is 60.4 Å². The molecule has 1 fully saturated rings. The van der Waals surface area contributed by atoms with Gasteiger partial charge in [0, 0.05) is 32.6 Å². The van der Waals surface area contributed by atoms with E-state index in [1.807, 2.05) is 6.07 Å². The number of hydrogen-bond acceptors (Lipinski definition) is 6. The van der Waals surface area contributed by atoms with Gasteiger partial charge in [-0.05, 0) is 12.8 Å². The van der Waals surface area contributed by atoms with E-state index in [9.17, 15) is 4.79 Å². The summed E-state index contributed by atoms with van der Waals surface area (Å²) in [7, 11) is 1.59. The Kier molecular flexibility index (Phi) is 5.91. The highest BCUT2D eigenvalue weighted by atomic mass is 16.5. The van der Waals surface area contributed by atoms with Gasteiger partial charge >= 0.3 is 6.03 Å². The smallest absolute Gasteiger partial charge is 0.317 e. The van der Waals surface area contributed by atoms with Crippen molar-refractivity contribution in [3.8, 4) is 11.9 Å². The number of nitrogens with zero attached hydrogens (tertiary/aromatic N) is 4. The molecule has 2 amide bonds. The first-order valence-corrected chi connectivity index (χ1v) is 7.14. The Hall–Kier alpha value is -2.40. The second-order valence-electron chi connectivity index (χ2n) is 4.87. The summed E-state index contributed by atoms with van der Waals surface area (Å²) in [6.07, 6.45) is 4.38. The molecule has 118 valence electrons. The SMILES string of the molecule is COCCNC(=O)N1CCCC(Oc2nccnc2C#N)C1. The van der Waals surface area contributed by atoms with Gasteiger partial charge in [0.1, 0.15) is 12.2 Å². The maximum absolute atomic E-state index is 12.0. The van der Waals surface area contributed by atoms with Crippen LogP contribution in [0, 0.1) is 11.3 Å². The summed E-state index contributed by atoms with van der Waals surface area (Å²) in [4.78, 5) is 21.7. The van der Waals surface area contributed by atoms with Gasteiger partial charge in [0.25, 0.3) is 5.88 Å². The number of carbonyl (C=O) groups is 1. The molecule has 2 heterocycles. The Morgan fingerprint density at radius 3 is 3.14 bits per heavy atom. The Labute approximate surface area is 129 Å². The largest absolute Gasteiger partial charge is 0.470 e. The number of piperidine rings is 1. The van der Waals surface area contributed by atoms with Crippen molar-refractivity contribution >= 4 is 6.03 Å². The number of aromatic nitrogens is 2. The molecule has 1 aromatic heterocycles. The second-order valence-corrected chi connectivity index (χ2v) is 4.87. The summed E-state index contributed by atoms with van der Waals surface area (Å²) < 4.78 is 10.6. The van der Waals surface area contributed by atoms with E-state index in [1.54, 1.807) is 12.0 Å². The van der Waals surface area contributed by atoms with Crippen LogP contribution in [0.4, 0.5) is 4.79 Å². The van der Waals surface area contributed by atoms with Crippen molar-refractivity contribution in [1.29, 1.82) is 5.26 Å². The zero-order valence-corrected chi connectivity index (χ0v) is 12.5. The second kappa shape index (κ2) is 8.14. The van der Waals surface area contributed by atoms with Crippen molar-refractivity contribution in [2.75, 3.05) is 33.4 Å². The highest BCUT2D eigenvalue weighted by molar-refractivity contribution is 5.74. The van der Waals surface area contributed by atoms with Crippen LogP contribution in [0.5, 0.6) is 5.88 Å². The molecule has 0 aromatic carbocycles. The standard InChI is InChI=1S/C14H19N5O3/c1-21-8-6-18-14(20)19-7-2-3-11(10-19)22-13-12(9-15)16-4-5-17-13/h4-5,11H,2-3,6-8,10H2,1H3,(H,18,20). The quantitative estimate of drug-likeness (QED) is 0.797. The van der Waals surface area contributed by atoms with Crippen LogP contribution in [0.2, 0.25) is 0 Å². The van der Waals surface area contributed by atoms with E-state index >= 15 is 0 Å². The number of amides is 2. The third-order valence-electron chi connectivity index (χ3n) is 3.30. The van der Waals surface area contributed by atoms with Crippen molar-refractivity contribution in [1.82, 2.24) is 20.2 Å². The van der Waals surface area contributed by atoms with Crippen molar-refractivity contribution < 1.29 is 14.3 Å². The van der Waals surface area contributed by atoms with E-state index in [2.05, 4.69) is 15.3 Å². The summed E-state index contributed by atoms with van der Waals surface area (Å²) in [6.45, 7) is 2.09. The minimum absolute atomic E-state index is 0.134. The minimum Gasteiger partial charge on any atom is -0.470 e. The van der Waals surface area contributed by atoms with E-state index in [0.717, 1.165) is 12.8 Å². The average Bonchev–Trinajstić information content (AvgIpc) is 2.56. The van der Waals surface area contributed by atoms with Crippen LogP contribution >= 0.6 is 0 Å². The lowest BCUT2D eigenvalue weighted by Crippen LogP contribution is -2.49. The normalized spacial score (nSPS) is 17.6. The molecule has 1 atom stereocenters. The van der Waals surface area contributed by atoms with Crippen LogP contribution in [0.3, 0.4) is 0 Å². The van der Waals surface area contributed by atoms with Crippen LogP contribution in [-0.2, 0) is 4.74 Å². The highest BCUT2D eigenvalue weighted by Crippen LogP contribution is 2.18. The number of carbonyl (C=O) groups excluding carboxylic acids is 1. The molecule has 8 heteroatoms. The molecule has 0 saturated carbocycles. The monoisotopic (exact) mass is 305 g/mol. The highest BCUT2D eigenvalue weighted by Gasteiger charge is 2.25. The summed E-state index contributed by atoms with van der Waals surface area (Å²) in [6, 6.07) is 1.81. The Balaban J connectivity index is 1.90. The third kappa shape index (κ3) is 4.30. The number of nitriles is 1. The van der Waals surface area contributed by atoms with Crippen molar-refractivity contribution in [2.45, 2.75) is 18.9 Å². The predicted molar refractivity (Wildman–Crippen MR) is 77.2 cm³/mol. The number of urea groups is 1. The van der Waals surface area contributed by atoms with Gasteiger partial charge in [-0.3, -0.25) is 0 Å². The van der Waals surface area contributed by atoms with Gasteiger partial charge in [-0.1, -0.05) is 0 Å². The molecule has 1 N–H and O–H groups in total. The molecule has 2 rings (SSSR count). The summed E-state index contributed by atoms with van der Waals surface area (Å²) >= 11 is 0. The van der Waals surface area contributed by atoms with Gasteiger partial charge in [-0.2, -0.15) is 5.26 Å². The van der Waals surface area contributed by atoms with E-state index < -0.39 is 0 Å². The number of hydrogen-bond donors (Lipinski definition) is 1. The average molecular weight is 305 g/mol. The lowest BCUT2D eigenvalue weighted by atomic mass is 10.1. The number of ether oxygens (including phenoxy) is 2. The van der Waals surface area contributed by atoms with E-state index in [0.29, 0.717) is 26.2 Å². The number of likely N-dealkylation sites (tertiary alicyclic amines) is 1. The van der Waals surface area contributed by atoms with Crippen molar-refractivity contribution in [3.05, 3.63) is 18.1 Å². The molecule has 22 heavy (non-hydrogen) atoms. The molecule has 1 aromatic rings. The molecule has 1 aliphatic rings. The van der Waals surface area contributed by atoms with E-state index in [1.165, 1.54) is 12.4 Å². The van der Waals surface area contributed by atoms with E-state index in [4.69, 9.17) is 14.7 Å². The first-order chi connectivity index (χ1) is 10.7. The third-order valence-corrected chi connectivity index (χ3v) is 3.30. The van der Waals surface area contributed by atoms with Crippen molar-refractivity contribution in [2.24, 2.45) is 0 Å². The zero-order chi connectivity index (χ0) is 15.8. The first kappa shape index (κ1) is 16.0. The molecular weight excluding hydrogens is 286 g/mol.